The standard InChI is InChI=1S/C12H14F3N/c13-9-12(7-3-4-8-16(12)15)10-5-1-2-6-11(10)14/h1-2,5-6H,3-4,7-9H2. The Balaban J connectivity index is 2.44. The van der Waals surface area contributed by atoms with Crippen molar-refractivity contribution >= 4 is 0 Å². The zero-order chi connectivity index (χ0) is 11.6. The van der Waals surface area contributed by atoms with E-state index in [0.29, 0.717) is 18.0 Å². The van der Waals surface area contributed by atoms with E-state index in [9.17, 15) is 13.3 Å². The Kier molecular flexibility index (Phi) is 3.19. The molecule has 0 N–H and O–H groups in total. The van der Waals surface area contributed by atoms with E-state index >= 15 is 0 Å². The van der Waals surface area contributed by atoms with E-state index in [1.165, 1.54) is 18.2 Å². The van der Waals surface area contributed by atoms with Crippen molar-refractivity contribution in [3.8, 4) is 0 Å². The van der Waals surface area contributed by atoms with Gasteiger partial charge >= 0.3 is 0 Å². The van der Waals surface area contributed by atoms with Gasteiger partial charge in [-0.2, -0.15) is 0 Å². The first-order valence-electron chi connectivity index (χ1n) is 5.45. The van der Waals surface area contributed by atoms with Gasteiger partial charge in [0.15, 0.2) is 0 Å². The van der Waals surface area contributed by atoms with Gasteiger partial charge in [-0.1, -0.05) is 18.2 Å². The average Bonchev–Trinajstić information content (AvgIpc) is 2.31. The van der Waals surface area contributed by atoms with Gasteiger partial charge in [-0.3, -0.25) is 0 Å². The number of rotatable bonds is 2. The minimum atomic E-state index is -1.41. The Bertz CT molecular complexity index is 369. The van der Waals surface area contributed by atoms with Crippen molar-refractivity contribution in [1.82, 2.24) is 5.12 Å². The fourth-order valence-corrected chi connectivity index (χ4v) is 2.31. The SMILES string of the molecule is FCC1(c2ccccc2F)CCCCN1F. The molecule has 1 atom stereocenters. The molecule has 0 saturated carbocycles. The number of alkyl halides is 1. The summed E-state index contributed by atoms with van der Waals surface area (Å²) in [4.78, 5) is 0. The average molecular weight is 229 g/mol. The van der Waals surface area contributed by atoms with Crippen molar-refractivity contribution in [2.45, 2.75) is 24.8 Å². The summed E-state index contributed by atoms with van der Waals surface area (Å²) in [5, 5.41) is 0.453. The summed E-state index contributed by atoms with van der Waals surface area (Å²) in [5.41, 5.74) is -1.29. The first-order valence-corrected chi connectivity index (χ1v) is 5.45. The second kappa shape index (κ2) is 4.45. The topological polar surface area (TPSA) is 3.24 Å². The van der Waals surface area contributed by atoms with Crippen molar-refractivity contribution in [2.24, 2.45) is 0 Å². The lowest BCUT2D eigenvalue weighted by molar-refractivity contribution is -0.124. The first kappa shape index (κ1) is 11.5. The quantitative estimate of drug-likeness (QED) is 0.703. The molecule has 1 saturated heterocycles. The van der Waals surface area contributed by atoms with Crippen LogP contribution in [0.3, 0.4) is 0 Å². The smallest absolute Gasteiger partial charge is 0.128 e. The van der Waals surface area contributed by atoms with Gasteiger partial charge < -0.3 is 0 Å². The Morgan fingerprint density at radius 2 is 2.00 bits per heavy atom. The highest BCUT2D eigenvalue weighted by Gasteiger charge is 2.43. The van der Waals surface area contributed by atoms with E-state index in [0.717, 1.165) is 6.42 Å². The number of piperidine rings is 1. The van der Waals surface area contributed by atoms with Gasteiger partial charge in [0.1, 0.15) is 18.0 Å². The first-order chi connectivity index (χ1) is 7.70. The van der Waals surface area contributed by atoms with Crippen LogP contribution in [-0.4, -0.2) is 18.3 Å². The number of halogens is 3. The van der Waals surface area contributed by atoms with Crippen LogP contribution >= 0.6 is 0 Å². The molecule has 2 rings (SSSR count). The molecule has 0 bridgehead atoms. The highest BCUT2D eigenvalue weighted by atomic mass is 19.2. The van der Waals surface area contributed by atoms with E-state index in [-0.39, 0.29) is 12.1 Å². The van der Waals surface area contributed by atoms with Crippen LogP contribution < -0.4 is 0 Å². The summed E-state index contributed by atoms with van der Waals surface area (Å²) in [7, 11) is 0. The van der Waals surface area contributed by atoms with Crippen LogP contribution in [0.5, 0.6) is 0 Å². The third kappa shape index (κ3) is 1.71. The molecule has 1 aromatic carbocycles. The fourth-order valence-electron chi connectivity index (χ4n) is 2.31. The zero-order valence-corrected chi connectivity index (χ0v) is 8.93. The van der Waals surface area contributed by atoms with Gasteiger partial charge in [0, 0.05) is 12.1 Å². The van der Waals surface area contributed by atoms with Gasteiger partial charge in [-0.25, -0.2) is 8.78 Å². The maximum absolute atomic E-state index is 13.8. The molecule has 0 radical (unpaired) electrons. The molecule has 88 valence electrons. The van der Waals surface area contributed by atoms with Gasteiger partial charge in [-0.15, -0.1) is 9.60 Å². The number of hydrogen-bond acceptors (Lipinski definition) is 1. The maximum Gasteiger partial charge on any atom is 0.128 e. The lowest BCUT2D eigenvalue weighted by Gasteiger charge is -2.40. The van der Waals surface area contributed by atoms with E-state index in [1.807, 2.05) is 0 Å². The van der Waals surface area contributed by atoms with Gasteiger partial charge in [0.2, 0.25) is 0 Å². The van der Waals surface area contributed by atoms with Crippen molar-refractivity contribution in [3.63, 3.8) is 0 Å². The maximum atomic E-state index is 13.8. The van der Waals surface area contributed by atoms with Crippen LogP contribution in [0.25, 0.3) is 0 Å². The summed E-state index contributed by atoms with van der Waals surface area (Å²) in [6.07, 6.45) is 1.73. The Morgan fingerprint density at radius 3 is 2.62 bits per heavy atom. The van der Waals surface area contributed by atoms with Gasteiger partial charge in [0.05, 0.1) is 0 Å². The lowest BCUT2D eigenvalue weighted by Crippen LogP contribution is -2.47. The third-order valence-corrected chi connectivity index (χ3v) is 3.26. The summed E-state index contributed by atoms with van der Waals surface area (Å²) in [5.74, 6) is -0.537. The minimum Gasteiger partial charge on any atom is -0.249 e. The molecule has 1 nitrogen and oxygen atoms in total. The van der Waals surface area contributed by atoms with E-state index in [1.54, 1.807) is 6.07 Å². The molecule has 0 amide bonds. The molecule has 1 aliphatic heterocycles. The second-order valence-electron chi connectivity index (χ2n) is 4.19. The highest BCUT2D eigenvalue weighted by molar-refractivity contribution is 5.27. The summed E-state index contributed by atoms with van der Waals surface area (Å²) < 4.78 is 40.6. The van der Waals surface area contributed by atoms with Crippen LogP contribution in [-0.2, 0) is 5.54 Å². The predicted molar refractivity (Wildman–Crippen MR) is 55.7 cm³/mol. The molecule has 1 aromatic rings. The molecule has 0 aromatic heterocycles. The van der Waals surface area contributed by atoms with E-state index in [4.69, 9.17) is 0 Å². The van der Waals surface area contributed by atoms with Gasteiger partial charge in [0.25, 0.3) is 0 Å². The molecular formula is C12H14F3N. The molecule has 4 heteroatoms. The summed E-state index contributed by atoms with van der Waals surface area (Å²) in [6.45, 7) is -0.733. The summed E-state index contributed by atoms with van der Waals surface area (Å²) >= 11 is 0. The van der Waals surface area contributed by atoms with Crippen molar-refractivity contribution < 1.29 is 13.3 Å². The van der Waals surface area contributed by atoms with Crippen molar-refractivity contribution in [1.29, 1.82) is 0 Å². The Hall–Kier alpha value is -1.03. The largest absolute Gasteiger partial charge is 0.249 e. The number of hydrogen-bond donors (Lipinski definition) is 0. The van der Waals surface area contributed by atoms with Crippen LogP contribution in [0, 0.1) is 5.82 Å². The van der Waals surface area contributed by atoms with E-state index in [2.05, 4.69) is 0 Å². The predicted octanol–water partition coefficient (Wildman–Crippen LogP) is 3.36. The molecule has 1 aliphatic rings. The van der Waals surface area contributed by atoms with Crippen LogP contribution in [0.4, 0.5) is 13.3 Å². The molecular weight excluding hydrogens is 215 g/mol. The van der Waals surface area contributed by atoms with Gasteiger partial charge in [-0.05, 0) is 25.3 Å². The van der Waals surface area contributed by atoms with Crippen LogP contribution in [0.15, 0.2) is 24.3 Å². The molecule has 0 aliphatic carbocycles. The Labute approximate surface area is 92.8 Å². The van der Waals surface area contributed by atoms with Crippen molar-refractivity contribution in [3.05, 3.63) is 35.6 Å². The highest BCUT2D eigenvalue weighted by Crippen LogP contribution is 2.39. The molecule has 1 fully saturated rings. The number of nitrogens with zero attached hydrogens (tertiary/aromatic N) is 1. The number of benzene rings is 1. The molecule has 1 unspecified atom stereocenters. The van der Waals surface area contributed by atoms with Crippen LogP contribution in [0.2, 0.25) is 0 Å². The van der Waals surface area contributed by atoms with Crippen LogP contribution in [0.1, 0.15) is 24.8 Å². The third-order valence-electron chi connectivity index (χ3n) is 3.26. The summed E-state index contributed by atoms with van der Waals surface area (Å²) in [6, 6.07) is 5.84. The lowest BCUT2D eigenvalue weighted by atomic mass is 9.83. The zero-order valence-electron chi connectivity index (χ0n) is 8.93. The molecule has 1 heterocycles. The fraction of sp³-hybridized carbons (Fsp3) is 0.500. The van der Waals surface area contributed by atoms with E-state index < -0.39 is 18.0 Å². The molecule has 16 heavy (non-hydrogen) atoms. The minimum absolute atomic E-state index is 0.125. The van der Waals surface area contributed by atoms with Crippen molar-refractivity contribution in [2.75, 3.05) is 13.2 Å². The second-order valence-corrected chi connectivity index (χ2v) is 4.19. The molecule has 0 spiro atoms. The normalized spacial score (nSPS) is 26.9. The monoisotopic (exact) mass is 229 g/mol. The Morgan fingerprint density at radius 1 is 1.25 bits per heavy atom.